The van der Waals surface area contributed by atoms with Crippen molar-refractivity contribution in [3.8, 4) is 11.5 Å². The van der Waals surface area contributed by atoms with Crippen molar-refractivity contribution in [2.45, 2.75) is 13.0 Å². The molecule has 0 saturated carbocycles. The van der Waals surface area contributed by atoms with Gasteiger partial charge in [0.25, 0.3) is 0 Å². The number of methoxy groups -OCH3 is 1. The predicted molar refractivity (Wildman–Crippen MR) is 50.8 cm³/mol. The minimum atomic E-state index is 0.440. The first-order chi connectivity index (χ1) is 6.86. The number of benzene rings is 1. The van der Waals surface area contributed by atoms with E-state index in [1.54, 1.807) is 7.11 Å². The van der Waals surface area contributed by atoms with Gasteiger partial charge in [-0.3, -0.25) is 0 Å². The second kappa shape index (κ2) is 3.86. The van der Waals surface area contributed by atoms with Gasteiger partial charge in [0.15, 0.2) is 11.5 Å². The molecule has 14 heavy (non-hydrogen) atoms. The third-order valence-corrected chi connectivity index (χ3v) is 2.41. The number of hydrogen-bond donors (Lipinski definition) is 2. The fourth-order valence-electron chi connectivity index (χ4n) is 1.75. The molecule has 76 valence electrons. The molecule has 0 atom stereocenters. The molecule has 1 aromatic carbocycles. The summed E-state index contributed by atoms with van der Waals surface area (Å²) in [6.07, 6.45) is 0.879. The monoisotopic (exact) mass is 195 g/mol. The molecular weight excluding hydrogens is 182 g/mol. The van der Waals surface area contributed by atoms with Crippen molar-refractivity contribution < 1.29 is 14.7 Å². The minimum absolute atomic E-state index is 0.440. The number of rotatable bonds is 3. The summed E-state index contributed by atoms with van der Waals surface area (Å²) in [4.78, 5) is 0. The van der Waals surface area contributed by atoms with Crippen LogP contribution in [0, 0.1) is 0 Å². The zero-order valence-corrected chi connectivity index (χ0v) is 8.04. The van der Waals surface area contributed by atoms with E-state index in [9.17, 15) is 0 Å². The Morgan fingerprint density at radius 2 is 2.43 bits per heavy atom. The summed E-state index contributed by atoms with van der Waals surface area (Å²) in [5.74, 6) is 1.58. The minimum Gasteiger partial charge on any atom is -0.493 e. The van der Waals surface area contributed by atoms with E-state index in [0.717, 1.165) is 29.0 Å². The summed E-state index contributed by atoms with van der Waals surface area (Å²) >= 11 is 0. The van der Waals surface area contributed by atoms with E-state index >= 15 is 0 Å². The lowest BCUT2D eigenvalue weighted by Gasteiger charge is -2.09. The summed E-state index contributed by atoms with van der Waals surface area (Å²) in [6.45, 7) is 1.13. The standard InChI is InChI=1S/C10H13NO3/c1-13-9-3-2-7(6-11-12)8-4-5-14-10(8)9/h2-3,11-12H,4-6H2,1H3. The maximum Gasteiger partial charge on any atom is 0.164 e. The second-order valence-electron chi connectivity index (χ2n) is 3.17. The molecule has 2 rings (SSSR count). The molecule has 0 aliphatic carbocycles. The third kappa shape index (κ3) is 1.42. The molecular formula is C10H13NO3. The van der Waals surface area contributed by atoms with Crippen LogP contribution in [0.5, 0.6) is 11.5 Å². The van der Waals surface area contributed by atoms with Gasteiger partial charge < -0.3 is 14.7 Å². The Hall–Kier alpha value is -1.26. The van der Waals surface area contributed by atoms with Gasteiger partial charge in [-0.1, -0.05) is 6.07 Å². The summed E-state index contributed by atoms with van der Waals surface area (Å²) in [5.41, 5.74) is 4.34. The number of ether oxygens (including phenoxy) is 2. The Labute approximate surface area is 82.4 Å². The maximum atomic E-state index is 8.66. The van der Waals surface area contributed by atoms with Crippen molar-refractivity contribution in [2.75, 3.05) is 13.7 Å². The van der Waals surface area contributed by atoms with Crippen molar-refractivity contribution in [1.82, 2.24) is 5.48 Å². The molecule has 4 nitrogen and oxygen atoms in total. The highest BCUT2D eigenvalue weighted by Gasteiger charge is 2.20. The van der Waals surface area contributed by atoms with Gasteiger partial charge in [0.05, 0.1) is 13.7 Å². The number of fused-ring (bicyclic) bond motifs is 1. The zero-order chi connectivity index (χ0) is 9.97. The molecule has 4 heteroatoms. The molecule has 1 aliphatic rings. The van der Waals surface area contributed by atoms with Gasteiger partial charge in [-0.15, -0.1) is 0 Å². The van der Waals surface area contributed by atoms with E-state index in [1.807, 2.05) is 12.1 Å². The van der Waals surface area contributed by atoms with Crippen molar-refractivity contribution >= 4 is 0 Å². The van der Waals surface area contributed by atoms with Crippen LogP contribution >= 0.6 is 0 Å². The molecule has 0 fully saturated rings. The molecule has 0 saturated heterocycles. The van der Waals surface area contributed by atoms with Gasteiger partial charge >= 0.3 is 0 Å². The summed E-state index contributed by atoms with van der Waals surface area (Å²) in [6, 6.07) is 3.80. The quantitative estimate of drug-likeness (QED) is 0.709. The second-order valence-corrected chi connectivity index (χ2v) is 3.17. The van der Waals surface area contributed by atoms with Crippen LogP contribution in [0.1, 0.15) is 11.1 Å². The average Bonchev–Trinajstić information content (AvgIpc) is 2.67. The molecule has 2 N–H and O–H groups in total. The first-order valence-corrected chi connectivity index (χ1v) is 4.55. The van der Waals surface area contributed by atoms with E-state index in [2.05, 4.69) is 5.48 Å². The lowest BCUT2D eigenvalue weighted by molar-refractivity contribution is 0.161. The molecule has 1 aromatic rings. The fraction of sp³-hybridized carbons (Fsp3) is 0.400. The van der Waals surface area contributed by atoms with Crippen LogP contribution in [0.2, 0.25) is 0 Å². The number of hydroxylamine groups is 1. The SMILES string of the molecule is COc1ccc(CNO)c2c1OCC2. The van der Waals surface area contributed by atoms with Gasteiger partial charge in [0.2, 0.25) is 0 Å². The Bertz CT molecular complexity index is 338. The van der Waals surface area contributed by atoms with E-state index < -0.39 is 0 Å². The van der Waals surface area contributed by atoms with Crippen LogP contribution in [-0.4, -0.2) is 18.9 Å². The Morgan fingerprint density at radius 3 is 3.14 bits per heavy atom. The average molecular weight is 195 g/mol. The van der Waals surface area contributed by atoms with Crippen molar-refractivity contribution in [2.24, 2.45) is 0 Å². The van der Waals surface area contributed by atoms with E-state index in [0.29, 0.717) is 13.2 Å². The van der Waals surface area contributed by atoms with Crippen molar-refractivity contribution in [3.05, 3.63) is 23.3 Å². The molecule has 0 radical (unpaired) electrons. The van der Waals surface area contributed by atoms with Gasteiger partial charge in [-0.2, -0.15) is 0 Å². The molecule has 0 spiro atoms. The van der Waals surface area contributed by atoms with Crippen LogP contribution in [0.4, 0.5) is 0 Å². The van der Waals surface area contributed by atoms with Crippen molar-refractivity contribution in [3.63, 3.8) is 0 Å². The highest BCUT2D eigenvalue weighted by molar-refractivity contribution is 5.52. The van der Waals surface area contributed by atoms with Crippen LogP contribution in [-0.2, 0) is 13.0 Å². The Kier molecular flexibility index (Phi) is 2.56. The van der Waals surface area contributed by atoms with Gasteiger partial charge in [-0.25, -0.2) is 5.48 Å². The third-order valence-electron chi connectivity index (χ3n) is 2.41. The summed E-state index contributed by atoms with van der Waals surface area (Å²) in [7, 11) is 1.63. The largest absolute Gasteiger partial charge is 0.493 e. The lowest BCUT2D eigenvalue weighted by atomic mass is 10.0. The first kappa shape index (κ1) is 9.30. The van der Waals surface area contributed by atoms with Crippen LogP contribution in [0.25, 0.3) is 0 Å². The van der Waals surface area contributed by atoms with Gasteiger partial charge in [-0.05, 0) is 11.6 Å². The normalized spacial score (nSPS) is 13.6. The molecule has 0 aromatic heterocycles. The van der Waals surface area contributed by atoms with Crippen LogP contribution in [0.15, 0.2) is 12.1 Å². The highest BCUT2D eigenvalue weighted by atomic mass is 16.5. The van der Waals surface area contributed by atoms with E-state index in [-0.39, 0.29) is 0 Å². The Balaban J connectivity index is 2.42. The molecule has 1 aliphatic heterocycles. The summed E-state index contributed by atoms with van der Waals surface area (Å²) in [5, 5.41) is 8.66. The van der Waals surface area contributed by atoms with Crippen molar-refractivity contribution in [1.29, 1.82) is 0 Å². The van der Waals surface area contributed by atoms with Gasteiger partial charge in [0, 0.05) is 18.5 Å². The van der Waals surface area contributed by atoms with E-state index in [1.165, 1.54) is 0 Å². The van der Waals surface area contributed by atoms with E-state index in [4.69, 9.17) is 14.7 Å². The molecule has 0 amide bonds. The fourth-order valence-corrected chi connectivity index (χ4v) is 1.75. The first-order valence-electron chi connectivity index (χ1n) is 4.55. The van der Waals surface area contributed by atoms with Crippen LogP contribution in [0.3, 0.4) is 0 Å². The number of hydrogen-bond acceptors (Lipinski definition) is 4. The predicted octanol–water partition coefficient (Wildman–Crippen LogP) is 1.11. The maximum absolute atomic E-state index is 8.66. The molecule has 0 bridgehead atoms. The highest BCUT2D eigenvalue weighted by Crippen LogP contribution is 2.37. The Morgan fingerprint density at radius 1 is 1.57 bits per heavy atom. The lowest BCUT2D eigenvalue weighted by Crippen LogP contribution is -2.08. The zero-order valence-electron chi connectivity index (χ0n) is 8.04. The topological polar surface area (TPSA) is 50.7 Å². The molecule has 1 heterocycles. The number of nitrogens with one attached hydrogen (secondary N) is 1. The molecule has 0 unspecified atom stereocenters. The smallest absolute Gasteiger partial charge is 0.164 e. The van der Waals surface area contributed by atoms with Crippen LogP contribution < -0.4 is 15.0 Å². The summed E-state index contributed by atoms with van der Waals surface area (Å²) < 4.78 is 10.7. The van der Waals surface area contributed by atoms with Gasteiger partial charge in [0.1, 0.15) is 0 Å².